The summed E-state index contributed by atoms with van der Waals surface area (Å²) in [6.45, 7) is 3.44. The fourth-order valence-electron chi connectivity index (χ4n) is 2.62. The zero-order valence-electron chi connectivity index (χ0n) is 13.9. The molecule has 1 saturated heterocycles. The summed E-state index contributed by atoms with van der Waals surface area (Å²) in [5, 5.41) is -0.0421. The molecule has 1 aliphatic rings. The van der Waals surface area contributed by atoms with Crippen molar-refractivity contribution in [2.45, 2.75) is 29.6 Å². The van der Waals surface area contributed by atoms with Gasteiger partial charge < -0.3 is 4.90 Å². The number of sulfonamides is 1. The third-order valence-corrected chi connectivity index (χ3v) is 6.41. The molecule has 0 unspecified atom stereocenters. The van der Waals surface area contributed by atoms with Crippen molar-refractivity contribution in [1.29, 1.82) is 0 Å². The summed E-state index contributed by atoms with van der Waals surface area (Å²) in [5.74, 6) is 0. The normalized spacial score (nSPS) is 14.5. The Morgan fingerprint density at radius 1 is 1.04 bits per heavy atom. The van der Waals surface area contributed by atoms with Gasteiger partial charge in [-0.1, -0.05) is 29.8 Å². The lowest BCUT2D eigenvalue weighted by atomic mass is 10.2. The predicted molar refractivity (Wildman–Crippen MR) is 100 cm³/mol. The van der Waals surface area contributed by atoms with E-state index in [2.05, 4.69) is 4.72 Å². The molecule has 0 radical (unpaired) electrons. The molecule has 7 heteroatoms. The van der Waals surface area contributed by atoms with E-state index in [-0.39, 0.29) is 10.1 Å². The second-order valence-corrected chi connectivity index (χ2v) is 8.65. The third-order valence-electron chi connectivity index (χ3n) is 4.02. The summed E-state index contributed by atoms with van der Waals surface area (Å²) in [6.07, 6.45) is 2.04. The maximum Gasteiger partial charge on any atom is 0.286 e. The summed E-state index contributed by atoms with van der Waals surface area (Å²) in [6, 6.07) is 13.6. The summed E-state index contributed by atoms with van der Waals surface area (Å²) in [7, 11) is -3.70. The number of thioether (sulfide) groups is 1. The van der Waals surface area contributed by atoms with Gasteiger partial charge in [-0.15, -0.1) is 0 Å². The molecule has 1 N–H and O–H groups in total. The highest BCUT2D eigenvalue weighted by Gasteiger charge is 2.21. The maximum absolute atomic E-state index is 12.6. The molecule has 1 amide bonds. The van der Waals surface area contributed by atoms with Gasteiger partial charge in [0.25, 0.3) is 15.3 Å². The van der Waals surface area contributed by atoms with Crippen LogP contribution in [0.3, 0.4) is 0 Å². The number of carbonyl (C=O) groups excluding carboxylic acids is 1. The monoisotopic (exact) mass is 376 g/mol. The number of likely N-dealkylation sites (tertiary alicyclic amines) is 1. The quantitative estimate of drug-likeness (QED) is 0.816. The number of anilines is 1. The number of nitrogens with zero attached hydrogens (tertiary/aromatic N) is 1. The maximum atomic E-state index is 12.6. The van der Waals surface area contributed by atoms with Crippen molar-refractivity contribution >= 4 is 32.7 Å². The van der Waals surface area contributed by atoms with E-state index in [0.29, 0.717) is 10.6 Å². The second-order valence-electron chi connectivity index (χ2n) is 5.98. The number of nitrogens with one attached hydrogen (secondary N) is 1. The molecule has 132 valence electrons. The van der Waals surface area contributed by atoms with Crippen molar-refractivity contribution in [3.8, 4) is 0 Å². The number of hydrogen-bond donors (Lipinski definition) is 1. The average molecular weight is 377 g/mol. The van der Waals surface area contributed by atoms with E-state index in [9.17, 15) is 13.2 Å². The zero-order chi connectivity index (χ0) is 17.9. The zero-order valence-corrected chi connectivity index (χ0v) is 15.6. The van der Waals surface area contributed by atoms with Crippen molar-refractivity contribution in [3.63, 3.8) is 0 Å². The molecule has 2 aromatic rings. The topological polar surface area (TPSA) is 66.5 Å². The fraction of sp³-hybridized carbons (Fsp3) is 0.278. The van der Waals surface area contributed by atoms with Crippen LogP contribution in [-0.4, -0.2) is 31.6 Å². The molecule has 0 saturated carbocycles. The molecule has 5 nitrogen and oxygen atoms in total. The minimum absolute atomic E-state index is 0.0421. The van der Waals surface area contributed by atoms with E-state index in [1.165, 1.54) is 0 Å². The largest absolute Gasteiger partial charge is 0.333 e. The number of amides is 1. The number of rotatable bonds is 4. The Morgan fingerprint density at radius 3 is 2.36 bits per heavy atom. The van der Waals surface area contributed by atoms with E-state index in [1.807, 2.05) is 6.92 Å². The van der Waals surface area contributed by atoms with Gasteiger partial charge in [0.2, 0.25) is 0 Å². The van der Waals surface area contributed by atoms with Crippen LogP contribution in [0.1, 0.15) is 18.4 Å². The van der Waals surface area contributed by atoms with Gasteiger partial charge >= 0.3 is 0 Å². The van der Waals surface area contributed by atoms with Gasteiger partial charge in [0.1, 0.15) is 0 Å². The number of aryl methyl sites for hydroxylation is 1. The lowest BCUT2D eigenvalue weighted by Crippen LogP contribution is -2.23. The smallest absolute Gasteiger partial charge is 0.286 e. The first-order chi connectivity index (χ1) is 12.0. The molecule has 0 bridgehead atoms. The molecule has 3 rings (SSSR count). The van der Waals surface area contributed by atoms with Crippen molar-refractivity contribution in [2.75, 3.05) is 17.8 Å². The highest BCUT2D eigenvalue weighted by molar-refractivity contribution is 8.13. The second kappa shape index (κ2) is 7.49. The van der Waals surface area contributed by atoms with E-state index in [1.54, 1.807) is 53.4 Å². The van der Waals surface area contributed by atoms with Gasteiger partial charge in [-0.25, -0.2) is 8.42 Å². The minimum atomic E-state index is -3.70. The van der Waals surface area contributed by atoms with Crippen molar-refractivity contribution < 1.29 is 13.2 Å². The van der Waals surface area contributed by atoms with Crippen LogP contribution in [0.15, 0.2) is 58.3 Å². The fourth-order valence-corrected chi connectivity index (χ4v) is 4.64. The Labute approximate surface area is 152 Å². The van der Waals surface area contributed by atoms with Gasteiger partial charge in [-0.3, -0.25) is 9.52 Å². The SMILES string of the molecule is Cc1ccc(S(=O)(=O)Nc2ccccc2SC(=O)N2CCCC2)cc1. The van der Waals surface area contributed by atoms with Crippen LogP contribution in [0.2, 0.25) is 0 Å². The molecule has 25 heavy (non-hydrogen) atoms. The number of hydrogen-bond acceptors (Lipinski definition) is 4. The molecule has 2 aromatic carbocycles. The Kier molecular flexibility index (Phi) is 5.34. The van der Waals surface area contributed by atoms with Gasteiger partial charge in [0.15, 0.2) is 0 Å². The van der Waals surface area contributed by atoms with Gasteiger partial charge in [0, 0.05) is 18.0 Å². The lowest BCUT2D eigenvalue weighted by Gasteiger charge is -2.16. The molecule has 0 spiro atoms. The predicted octanol–water partition coefficient (Wildman–Crippen LogP) is 4.10. The number of benzene rings is 2. The van der Waals surface area contributed by atoms with Crippen molar-refractivity contribution in [2.24, 2.45) is 0 Å². The van der Waals surface area contributed by atoms with Crippen molar-refractivity contribution in [3.05, 3.63) is 54.1 Å². The molecule has 1 heterocycles. The standard InChI is InChI=1S/C18H20N2O3S2/c1-14-8-10-15(11-9-14)25(22,23)19-16-6-2-3-7-17(16)24-18(21)20-12-4-5-13-20/h2-3,6-11,19H,4-5,12-13H2,1H3. The summed E-state index contributed by atoms with van der Waals surface area (Å²) in [4.78, 5) is 15.0. The van der Waals surface area contributed by atoms with Crippen LogP contribution in [0, 0.1) is 6.92 Å². The Bertz CT molecular complexity index is 858. The first-order valence-corrected chi connectivity index (χ1v) is 10.4. The van der Waals surface area contributed by atoms with Crippen LogP contribution in [-0.2, 0) is 10.0 Å². The third kappa shape index (κ3) is 4.35. The first-order valence-electron chi connectivity index (χ1n) is 8.11. The average Bonchev–Trinajstić information content (AvgIpc) is 3.11. The van der Waals surface area contributed by atoms with Gasteiger partial charge in [-0.2, -0.15) is 0 Å². The van der Waals surface area contributed by atoms with E-state index in [0.717, 1.165) is 43.3 Å². The Balaban J connectivity index is 1.80. The van der Waals surface area contributed by atoms with E-state index >= 15 is 0 Å². The molecule has 0 atom stereocenters. The first kappa shape index (κ1) is 17.8. The van der Waals surface area contributed by atoms with Crippen LogP contribution in [0.5, 0.6) is 0 Å². The summed E-state index contributed by atoms with van der Waals surface area (Å²) < 4.78 is 27.8. The molecule has 0 aromatic heterocycles. The minimum Gasteiger partial charge on any atom is -0.333 e. The van der Waals surface area contributed by atoms with E-state index in [4.69, 9.17) is 0 Å². The molecular formula is C18H20N2O3S2. The van der Waals surface area contributed by atoms with Gasteiger partial charge in [0.05, 0.1) is 10.6 Å². The van der Waals surface area contributed by atoms with Crippen LogP contribution < -0.4 is 4.72 Å². The molecule has 1 fully saturated rings. The lowest BCUT2D eigenvalue weighted by molar-refractivity contribution is 0.233. The number of para-hydroxylation sites is 1. The van der Waals surface area contributed by atoms with Crippen LogP contribution in [0.4, 0.5) is 10.5 Å². The Hall–Kier alpha value is -1.99. The van der Waals surface area contributed by atoms with Gasteiger partial charge in [-0.05, 0) is 55.8 Å². The number of carbonyl (C=O) groups is 1. The summed E-state index contributed by atoms with van der Waals surface area (Å²) >= 11 is 1.07. The van der Waals surface area contributed by atoms with E-state index < -0.39 is 10.0 Å². The van der Waals surface area contributed by atoms with Crippen LogP contribution in [0.25, 0.3) is 0 Å². The molecule has 0 aliphatic carbocycles. The highest BCUT2D eigenvalue weighted by Crippen LogP contribution is 2.31. The Morgan fingerprint density at radius 2 is 1.68 bits per heavy atom. The molecule has 1 aliphatic heterocycles. The highest BCUT2D eigenvalue weighted by atomic mass is 32.2. The molecular weight excluding hydrogens is 356 g/mol. The van der Waals surface area contributed by atoms with Crippen LogP contribution >= 0.6 is 11.8 Å². The van der Waals surface area contributed by atoms with Crippen molar-refractivity contribution in [1.82, 2.24) is 4.90 Å². The summed E-state index contributed by atoms with van der Waals surface area (Å²) in [5.41, 5.74) is 1.41.